The molecule has 0 aromatic carbocycles. The highest BCUT2D eigenvalue weighted by molar-refractivity contribution is 6.36. The van der Waals surface area contributed by atoms with Crippen molar-refractivity contribution in [2.24, 2.45) is 5.73 Å². The molecule has 0 aromatic heterocycles. The van der Waals surface area contributed by atoms with Crippen LogP contribution in [0, 0.1) is 0 Å². The van der Waals surface area contributed by atoms with Crippen molar-refractivity contribution >= 4 is 9.53 Å². The third kappa shape index (κ3) is 12.3. The first-order chi connectivity index (χ1) is 8.28. The molecule has 5 nitrogen and oxygen atoms in total. The van der Waals surface area contributed by atoms with Gasteiger partial charge in [-0.15, -0.1) is 0 Å². The number of nitrogens with two attached hydrogens (primary N) is 1. The minimum atomic E-state index is -1.73. The lowest BCUT2D eigenvalue weighted by molar-refractivity contribution is 0.107. The molecule has 104 valence electrons. The average Bonchev–Trinajstić information content (AvgIpc) is 3.12. The van der Waals surface area contributed by atoms with Crippen LogP contribution < -0.4 is 11.1 Å². The van der Waals surface area contributed by atoms with E-state index in [4.69, 9.17) is 19.0 Å². The van der Waals surface area contributed by atoms with Crippen molar-refractivity contribution in [1.82, 2.24) is 5.32 Å². The van der Waals surface area contributed by atoms with E-state index < -0.39 is 9.53 Å². The molecule has 17 heavy (non-hydrogen) atoms. The van der Waals surface area contributed by atoms with Crippen LogP contribution in [0.15, 0.2) is 0 Å². The van der Waals surface area contributed by atoms with Crippen LogP contribution in [0.3, 0.4) is 0 Å². The maximum atomic E-state index is 5.24. The lowest BCUT2D eigenvalue weighted by Gasteiger charge is -2.12. The Labute approximate surface area is 107 Å². The fraction of sp³-hybridized carbons (Fsp3) is 1.00. The zero-order chi connectivity index (χ0) is 12.9. The van der Waals surface area contributed by atoms with E-state index in [1.54, 1.807) is 0 Å². The first-order valence-electron chi connectivity index (χ1n) is 6.56. The molecule has 1 aliphatic rings. The molecule has 3 N–H and O–H groups in total. The van der Waals surface area contributed by atoms with E-state index in [-0.39, 0.29) is 0 Å². The molecule has 1 aliphatic carbocycles. The number of hydrogen-bond donors (Lipinski definition) is 2. The highest BCUT2D eigenvalue weighted by Gasteiger charge is 2.18. The van der Waals surface area contributed by atoms with Crippen molar-refractivity contribution < 1.29 is 13.3 Å². The molecule has 0 saturated heterocycles. The monoisotopic (exact) mass is 264 g/mol. The van der Waals surface area contributed by atoms with Crippen molar-refractivity contribution in [2.45, 2.75) is 39.7 Å². The second-order valence-corrected chi connectivity index (χ2v) is 5.25. The molecule has 0 atom stereocenters. The van der Waals surface area contributed by atoms with E-state index in [2.05, 4.69) is 5.32 Å². The zero-order valence-electron chi connectivity index (χ0n) is 11.4. The smallest absolute Gasteiger partial charge is 0.376 e. The van der Waals surface area contributed by atoms with Crippen LogP contribution in [0.4, 0.5) is 0 Å². The summed E-state index contributed by atoms with van der Waals surface area (Å²) in [5.41, 5.74) is 5.24. The fourth-order valence-corrected chi connectivity index (χ4v) is 2.23. The second kappa shape index (κ2) is 12.5. The number of hydrogen-bond acceptors (Lipinski definition) is 5. The summed E-state index contributed by atoms with van der Waals surface area (Å²) in [6.07, 6.45) is 2.72. The van der Waals surface area contributed by atoms with Gasteiger partial charge in [0.15, 0.2) is 0 Å². The van der Waals surface area contributed by atoms with Gasteiger partial charge in [-0.25, -0.2) is 0 Å². The van der Waals surface area contributed by atoms with E-state index in [0.717, 1.165) is 19.1 Å². The Balaban J connectivity index is 0.000000318. The van der Waals surface area contributed by atoms with Gasteiger partial charge in [0.2, 0.25) is 0 Å². The van der Waals surface area contributed by atoms with Gasteiger partial charge in [-0.3, -0.25) is 0 Å². The van der Waals surface area contributed by atoms with E-state index in [1.807, 2.05) is 20.8 Å². The molecule has 0 amide bonds. The summed E-state index contributed by atoms with van der Waals surface area (Å²) < 4.78 is 15.7. The van der Waals surface area contributed by atoms with Gasteiger partial charge in [0.25, 0.3) is 0 Å². The number of nitrogens with one attached hydrogen (secondary N) is 1. The predicted octanol–water partition coefficient (Wildman–Crippen LogP) is 0.510. The van der Waals surface area contributed by atoms with Gasteiger partial charge in [0.05, 0.1) is 0 Å². The summed E-state index contributed by atoms with van der Waals surface area (Å²) in [7, 11) is -1.73. The molecule has 1 rings (SSSR count). The number of rotatable bonds is 9. The Bertz CT molecular complexity index is 145. The van der Waals surface area contributed by atoms with Crippen LogP contribution in [0.25, 0.3) is 0 Å². The summed E-state index contributed by atoms with van der Waals surface area (Å²) in [5, 5.41) is 3.28. The third-order valence-electron chi connectivity index (χ3n) is 2.06. The average molecular weight is 264 g/mol. The molecule has 0 aliphatic heterocycles. The van der Waals surface area contributed by atoms with Crippen LogP contribution in [0.2, 0.25) is 0 Å². The summed E-state index contributed by atoms with van der Waals surface area (Å²) in [4.78, 5) is 0. The molecule has 0 spiro atoms. The standard InChI is InChI=1S/C6H16O3Si.C5H12N2/c1-4-7-10(8-5-2)9-6-3;6-3-4-7-5-1-2-5/h10H,4-6H2,1-3H3;5,7H,1-4,6H2. The Hall–Kier alpha value is 0.0169. The predicted molar refractivity (Wildman–Crippen MR) is 72.1 cm³/mol. The van der Waals surface area contributed by atoms with Gasteiger partial charge >= 0.3 is 9.53 Å². The quantitative estimate of drug-likeness (QED) is 0.594. The van der Waals surface area contributed by atoms with Gasteiger partial charge < -0.3 is 24.3 Å². The highest BCUT2D eigenvalue weighted by atomic mass is 28.3. The fourth-order valence-electron chi connectivity index (χ4n) is 1.13. The minimum absolute atomic E-state index is 0.677. The zero-order valence-corrected chi connectivity index (χ0v) is 12.6. The Kier molecular flexibility index (Phi) is 12.5. The highest BCUT2D eigenvalue weighted by Crippen LogP contribution is 2.17. The summed E-state index contributed by atoms with van der Waals surface area (Å²) in [6.45, 7) is 9.62. The Morgan fingerprint density at radius 3 is 1.82 bits per heavy atom. The Morgan fingerprint density at radius 2 is 1.53 bits per heavy atom. The van der Waals surface area contributed by atoms with Gasteiger partial charge in [0, 0.05) is 39.0 Å². The van der Waals surface area contributed by atoms with Crippen LogP contribution in [0.1, 0.15) is 33.6 Å². The third-order valence-corrected chi connectivity index (χ3v) is 3.88. The van der Waals surface area contributed by atoms with E-state index in [0.29, 0.717) is 19.8 Å². The molecule has 0 radical (unpaired) electrons. The van der Waals surface area contributed by atoms with Crippen LogP contribution in [-0.4, -0.2) is 48.5 Å². The summed E-state index contributed by atoms with van der Waals surface area (Å²) >= 11 is 0. The van der Waals surface area contributed by atoms with Crippen molar-refractivity contribution in [2.75, 3.05) is 32.9 Å². The minimum Gasteiger partial charge on any atom is -0.376 e. The second-order valence-electron chi connectivity index (χ2n) is 3.67. The first kappa shape index (κ1) is 17.0. The maximum Gasteiger partial charge on any atom is 0.484 e. The van der Waals surface area contributed by atoms with Gasteiger partial charge in [-0.2, -0.15) is 0 Å². The van der Waals surface area contributed by atoms with E-state index in [1.165, 1.54) is 12.8 Å². The maximum absolute atomic E-state index is 5.24. The summed E-state index contributed by atoms with van der Waals surface area (Å²) in [5.74, 6) is 0. The van der Waals surface area contributed by atoms with Crippen molar-refractivity contribution in [1.29, 1.82) is 0 Å². The molecule has 0 aromatic rings. The van der Waals surface area contributed by atoms with Gasteiger partial charge in [-0.1, -0.05) is 0 Å². The molecular formula is C11H28N2O3Si. The molecule has 1 saturated carbocycles. The molecular weight excluding hydrogens is 236 g/mol. The van der Waals surface area contributed by atoms with Crippen molar-refractivity contribution in [3.63, 3.8) is 0 Å². The van der Waals surface area contributed by atoms with Crippen LogP contribution in [-0.2, 0) is 13.3 Å². The molecule has 0 unspecified atom stereocenters. The normalized spacial score (nSPS) is 14.6. The molecule has 1 fully saturated rings. The molecule has 0 bridgehead atoms. The van der Waals surface area contributed by atoms with Crippen molar-refractivity contribution in [3.05, 3.63) is 0 Å². The van der Waals surface area contributed by atoms with Gasteiger partial charge in [0.1, 0.15) is 0 Å². The topological polar surface area (TPSA) is 65.7 Å². The molecule has 6 heteroatoms. The van der Waals surface area contributed by atoms with Gasteiger partial charge in [-0.05, 0) is 33.6 Å². The van der Waals surface area contributed by atoms with Crippen molar-refractivity contribution in [3.8, 4) is 0 Å². The van der Waals surface area contributed by atoms with Crippen LogP contribution >= 0.6 is 0 Å². The summed E-state index contributed by atoms with van der Waals surface area (Å²) in [6, 6.07) is 0.823. The SMILES string of the molecule is CCO[SiH](OCC)OCC.NCCNC1CC1. The first-order valence-corrected chi connectivity index (χ1v) is 7.98. The van der Waals surface area contributed by atoms with E-state index in [9.17, 15) is 0 Å². The lowest BCUT2D eigenvalue weighted by Crippen LogP contribution is -2.27. The lowest BCUT2D eigenvalue weighted by atomic mass is 10.6. The van der Waals surface area contributed by atoms with E-state index >= 15 is 0 Å². The Morgan fingerprint density at radius 1 is 1.06 bits per heavy atom. The largest absolute Gasteiger partial charge is 0.484 e. The van der Waals surface area contributed by atoms with Crippen LogP contribution in [0.5, 0.6) is 0 Å². The molecule has 0 heterocycles.